The highest BCUT2D eigenvalue weighted by Gasteiger charge is 2.30. The Labute approximate surface area is 155 Å². The second-order valence-corrected chi connectivity index (χ2v) is 6.08. The first-order valence-corrected chi connectivity index (χ1v) is 8.35. The summed E-state index contributed by atoms with van der Waals surface area (Å²) in [5.41, 5.74) is 0.472. The predicted octanol–water partition coefficient (Wildman–Crippen LogP) is 1.75. The van der Waals surface area contributed by atoms with E-state index in [-0.39, 0.29) is 42.7 Å². The van der Waals surface area contributed by atoms with Crippen molar-refractivity contribution in [2.24, 2.45) is 0 Å². The Balaban J connectivity index is 1.59. The van der Waals surface area contributed by atoms with E-state index in [1.54, 1.807) is 31.3 Å². The molecule has 1 aliphatic heterocycles. The highest BCUT2D eigenvalue weighted by atomic mass is 16.5. The fourth-order valence-electron chi connectivity index (χ4n) is 2.68. The van der Waals surface area contributed by atoms with Crippen molar-refractivity contribution in [1.82, 2.24) is 4.90 Å². The van der Waals surface area contributed by atoms with Gasteiger partial charge < -0.3 is 14.1 Å². The van der Waals surface area contributed by atoms with Gasteiger partial charge in [-0.05, 0) is 30.3 Å². The van der Waals surface area contributed by atoms with Gasteiger partial charge in [0.05, 0.1) is 24.1 Å². The van der Waals surface area contributed by atoms with Crippen LogP contribution in [0.5, 0.6) is 0 Å². The summed E-state index contributed by atoms with van der Waals surface area (Å²) in [6.45, 7) is -0.167. The average Bonchev–Trinajstić information content (AvgIpc) is 3.29. The Morgan fingerprint density at radius 2 is 1.89 bits per heavy atom. The van der Waals surface area contributed by atoms with Crippen molar-refractivity contribution in [3.63, 3.8) is 0 Å². The highest BCUT2D eigenvalue weighted by Crippen LogP contribution is 2.23. The smallest absolute Gasteiger partial charge is 0.338 e. The van der Waals surface area contributed by atoms with Crippen molar-refractivity contribution in [3.05, 3.63) is 54.0 Å². The molecule has 1 aliphatic rings. The summed E-state index contributed by atoms with van der Waals surface area (Å²) >= 11 is 0. The molecule has 2 heterocycles. The topological polar surface area (TPSA) is 97.1 Å². The van der Waals surface area contributed by atoms with E-state index in [0.717, 1.165) is 4.90 Å². The normalized spacial score (nSPS) is 13.7. The summed E-state index contributed by atoms with van der Waals surface area (Å²) in [6.07, 6.45) is 1.82. The van der Waals surface area contributed by atoms with Crippen molar-refractivity contribution >= 4 is 29.4 Å². The molecule has 0 atom stereocenters. The number of esters is 1. The van der Waals surface area contributed by atoms with Crippen molar-refractivity contribution in [1.29, 1.82) is 0 Å². The van der Waals surface area contributed by atoms with Crippen molar-refractivity contribution in [2.75, 3.05) is 18.6 Å². The molecule has 1 aromatic carbocycles. The number of furan rings is 1. The molecule has 8 heteroatoms. The van der Waals surface area contributed by atoms with Gasteiger partial charge in [0.15, 0.2) is 6.61 Å². The van der Waals surface area contributed by atoms with E-state index >= 15 is 0 Å². The summed E-state index contributed by atoms with van der Waals surface area (Å²) in [6, 6.07) is 9.48. The van der Waals surface area contributed by atoms with E-state index in [0.29, 0.717) is 11.4 Å². The molecule has 3 amide bonds. The van der Waals surface area contributed by atoms with Gasteiger partial charge in [-0.1, -0.05) is 6.07 Å². The molecule has 8 nitrogen and oxygen atoms in total. The van der Waals surface area contributed by atoms with Crippen LogP contribution in [-0.2, 0) is 25.7 Å². The number of hydrogen-bond acceptors (Lipinski definition) is 6. The maximum Gasteiger partial charge on any atom is 0.338 e. The van der Waals surface area contributed by atoms with Gasteiger partial charge in [0.2, 0.25) is 11.8 Å². The summed E-state index contributed by atoms with van der Waals surface area (Å²) in [4.78, 5) is 50.4. The van der Waals surface area contributed by atoms with Crippen LogP contribution >= 0.6 is 0 Å². The number of likely N-dealkylation sites (N-methyl/N-ethyl adjacent to an activating group) is 1. The fraction of sp³-hybridized carbons (Fsp3) is 0.263. The molecule has 0 bridgehead atoms. The van der Waals surface area contributed by atoms with Gasteiger partial charge in [0.25, 0.3) is 5.91 Å². The van der Waals surface area contributed by atoms with Crippen LogP contribution in [0.3, 0.4) is 0 Å². The summed E-state index contributed by atoms with van der Waals surface area (Å²) in [5.74, 6) is -1.10. The molecule has 0 unspecified atom stereocenters. The summed E-state index contributed by atoms with van der Waals surface area (Å²) in [5, 5.41) is 0. The van der Waals surface area contributed by atoms with Crippen LogP contribution in [0.15, 0.2) is 47.1 Å². The standard InChI is InChI=1S/C19H18N2O6/c1-20(11-15-6-3-9-26-15)18(24)12-27-19(25)13-4-2-5-14(10-13)21-16(22)7-8-17(21)23/h2-6,9-10H,7-8,11-12H2,1H3. The van der Waals surface area contributed by atoms with Gasteiger partial charge >= 0.3 is 5.97 Å². The maximum atomic E-state index is 12.2. The molecule has 0 N–H and O–H groups in total. The van der Waals surface area contributed by atoms with Gasteiger partial charge in [0, 0.05) is 19.9 Å². The Morgan fingerprint density at radius 3 is 2.56 bits per heavy atom. The first kappa shape index (κ1) is 18.4. The van der Waals surface area contributed by atoms with Gasteiger partial charge in [0.1, 0.15) is 5.76 Å². The van der Waals surface area contributed by atoms with Gasteiger partial charge in [-0.15, -0.1) is 0 Å². The van der Waals surface area contributed by atoms with E-state index in [9.17, 15) is 19.2 Å². The number of hydrogen-bond donors (Lipinski definition) is 0. The largest absolute Gasteiger partial charge is 0.467 e. The minimum atomic E-state index is -0.712. The lowest BCUT2D eigenvalue weighted by Crippen LogP contribution is -2.31. The van der Waals surface area contributed by atoms with Crippen molar-refractivity contribution < 1.29 is 28.3 Å². The second-order valence-electron chi connectivity index (χ2n) is 6.08. The zero-order chi connectivity index (χ0) is 19.4. The molecule has 1 saturated heterocycles. The third-order valence-corrected chi connectivity index (χ3v) is 4.12. The number of nitrogens with zero attached hydrogens (tertiary/aromatic N) is 2. The molecule has 140 valence electrons. The number of amides is 3. The lowest BCUT2D eigenvalue weighted by atomic mass is 10.2. The summed E-state index contributed by atoms with van der Waals surface area (Å²) in [7, 11) is 1.57. The lowest BCUT2D eigenvalue weighted by molar-refractivity contribution is -0.134. The highest BCUT2D eigenvalue weighted by molar-refractivity contribution is 6.20. The van der Waals surface area contributed by atoms with E-state index in [1.807, 2.05) is 0 Å². The van der Waals surface area contributed by atoms with Gasteiger partial charge in [-0.2, -0.15) is 0 Å². The Hall–Kier alpha value is -3.42. The van der Waals surface area contributed by atoms with Crippen LogP contribution in [0.2, 0.25) is 0 Å². The second kappa shape index (κ2) is 7.86. The third-order valence-electron chi connectivity index (χ3n) is 4.12. The SMILES string of the molecule is CN(Cc1ccco1)C(=O)COC(=O)c1cccc(N2C(=O)CCC2=O)c1. The Bertz CT molecular complexity index is 858. The van der Waals surface area contributed by atoms with E-state index in [2.05, 4.69) is 0 Å². The molecule has 3 rings (SSSR count). The van der Waals surface area contributed by atoms with Gasteiger partial charge in [-0.25, -0.2) is 4.79 Å². The fourth-order valence-corrected chi connectivity index (χ4v) is 2.68. The molecular weight excluding hydrogens is 352 g/mol. The number of carbonyl (C=O) groups excluding carboxylic acids is 4. The Morgan fingerprint density at radius 1 is 1.15 bits per heavy atom. The van der Waals surface area contributed by atoms with Crippen LogP contribution in [0.4, 0.5) is 5.69 Å². The minimum Gasteiger partial charge on any atom is -0.467 e. The minimum absolute atomic E-state index is 0.154. The van der Waals surface area contributed by atoms with Gasteiger partial charge in [-0.3, -0.25) is 19.3 Å². The molecule has 0 saturated carbocycles. The summed E-state index contributed by atoms with van der Waals surface area (Å²) < 4.78 is 10.2. The number of imide groups is 1. The van der Waals surface area contributed by atoms with E-state index < -0.39 is 12.6 Å². The molecule has 1 fully saturated rings. The molecule has 0 aliphatic carbocycles. The number of rotatable bonds is 6. The van der Waals surface area contributed by atoms with E-state index in [1.165, 1.54) is 23.3 Å². The lowest BCUT2D eigenvalue weighted by Gasteiger charge is -2.16. The molecule has 1 aromatic heterocycles. The monoisotopic (exact) mass is 370 g/mol. The molecule has 0 spiro atoms. The van der Waals surface area contributed by atoms with Crippen LogP contribution in [0, 0.1) is 0 Å². The quantitative estimate of drug-likeness (QED) is 0.568. The van der Waals surface area contributed by atoms with E-state index in [4.69, 9.17) is 9.15 Å². The number of anilines is 1. The van der Waals surface area contributed by atoms with Crippen molar-refractivity contribution in [2.45, 2.75) is 19.4 Å². The molecular formula is C19H18N2O6. The zero-order valence-electron chi connectivity index (χ0n) is 14.7. The first-order chi connectivity index (χ1) is 13.0. The predicted molar refractivity (Wildman–Crippen MR) is 93.6 cm³/mol. The van der Waals surface area contributed by atoms with Crippen molar-refractivity contribution in [3.8, 4) is 0 Å². The van der Waals surface area contributed by atoms with Crippen LogP contribution < -0.4 is 4.90 Å². The number of benzene rings is 1. The first-order valence-electron chi connectivity index (χ1n) is 8.35. The number of carbonyl (C=O) groups is 4. The zero-order valence-corrected chi connectivity index (χ0v) is 14.7. The molecule has 2 aromatic rings. The van der Waals surface area contributed by atoms with Crippen LogP contribution in [0.25, 0.3) is 0 Å². The number of ether oxygens (including phenoxy) is 1. The Kier molecular flexibility index (Phi) is 5.35. The van der Waals surface area contributed by atoms with Crippen LogP contribution in [0.1, 0.15) is 29.0 Å². The maximum absolute atomic E-state index is 12.2. The molecule has 0 radical (unpaired) electrons. The van der Waals surface area contributed by atoms with Crippen LogP contribution in [-0.4, -0.2) is 42.2 Å². The molecule has 27 heavy (non-hydrogen) atoms. The third kappa shape index (κ3) is 4.22. The average molecular weight is 370 g/mol.